The Bertz CT molecular complexity index is 1300. The van der Waals surface area contributed by atoms with Crippen molar-refractivity contribution >= 4 is 16.8 Å². The topological polar surface area (TPSA) is 66.8 Å². The molecule has 0 unspecified atom stereocenters. The Balaban J connectivity index is 1.38. The van der Waals surface area contributed by atoms with Crippen LogP contribution in [0.5, 0.6) is 0 Å². The van der Waals surface area contributed by atoms with E-state index in [4.69, 9.17) is 0 Å². The van der Waals surface area contributed by atoms with Gasteiger partial charge in [0.05, 0.1) is 5.69 Å². The van der Waals surface area contributed by atoms with Crippen LogP contribution in [0.2, 0.25) is 0 Å². The Hall–Kier alpha value is -3.69. The number of hydrogen-bond acceptors (Lipinski definition) is 3. The molecule has 0 bridgehead atoms. The quantitative estimate of drug-likeness (QED) is 0.444. The number of aromatic amines is 1. The average molecular weight is 457 g/mol. The zero-order valence-corrected chi connectivity index (χ0v) is 17.3. The number of para-hydroxylation sites is 1. The minimum atomic E-state index is -4.87. The molecule has 1 fully saturated rings. The van der Waals surface area contributed by atoms with E-state index in [2.05, 4.69) is 15.3 Å². The molecule has 1 N–H and O–H groups in total. The van der Waals surface area contributed by atoms with E-state index in [9.17, 15) is 22.4 Å². The molecule has 0 saturated carbocycles. The number of aromatic nitrogens is 4. The van der Waals surface area contributed by atoms with Crippen LogP contribution in [0.15, 0.2) is 54.7 Å². The van der Waals surface area contributed by atoms with Gasteiger partial charge in [0.2, 0.25) is 0 Å². The largest absolute Gasteiger partial charge is 0.435 e. The van der Waals surface area contributed by atoms with Crippen LogP contribution in [0.1, 0.15) is 40.5 Å². The number of nitrogens with zero attached hydrogens (tertiary/aromatic N) is 4. The molecular formula is C23H19F4N5O. The van der Waals surface area contributed by atoms with Crippen LogP contribution in [0, 0.1) is 5.82 Å². The minimum Gasteiger partial charge on any atom is -0.361 e. The SMILES string of the molecule is O=C(c1nnn(-c2ccc(F)cc2)c1C(F)(F)F)N1CCC(c2c[nH]c3ccccc23)CC1. The van der Waals surface area contributed by atoms with Crippen LogP contribution in [0.3, 0.4) is 0 Å². The maximum atomic E-state index is 13.9. The summed E-state index contributed by atoms with van der Waals surface area (Å²) in [6.07, 6.45) is -1.66. The van der Waals surface area contributed by atoms with Crippen molar-refractivity contribution in [3.05, 3.63) is 77.5 Å². The maximum absolute atomic E-state index is 13.9. The zero-order chi connectivity index (χ0) is 23.2. The number of rotatable bonds is 3. The van der Waals surface area contributed by atoms with Gasteiger partial charge in [0.15, 0.2) is 11.4 Å². The van der Waals surface area contributed by atoms with Crippen molar-refractivity contribution in [1.29, 1.82) is 0 Å². The summed E-state index contributed by atoms with van der Waals surface area (Å²) in [4.78, 5) is 17.6. The molecule has 0 aliphatic carbocycles. The fourth-order valence-electron chi connectivity index (χ4n) is 4.42. The number of alkyl halides is 3. The van der Waals surface area contributed by atoms with E-state index < -0.39 is 29.3 Å². The highest BCUT2D eigenvalue weighted by molar-refractivity contribution is 5.93. The molecule has 0 spiro atoms. The molecule has 2 aromatic heterocycles. The van der Waals surface area contributed by atoms with Crippen molar-refractivity contribution in [1.82, 2.24) is 24.9 Å². The van der Waals surface area contributed by atoms with Crippen molar-refractivity contribution in [3.63, 3.8) is 0 Å². The number of hydrogen-bond donors (Lipinski definition) is 1. The summed E-state index contributed by atoms with van der Waals surface area (Å²) in [5.41, 5.74) is 0.123. The number of fused-ring (bicyclic) bond motifs is 1. The first-order valence-electron chi connectivity index (χ1n) is 10.5. The Labute approximate surface area is 185 Å². The molecule has 170 valence electrons. The van der Waals surface area contributed by atoms with E-state index in [1.807, 2.05) is 30.5 Å². The monoisotopic (exact) mass is 457 g/mol. The van der Waals surface area contributed by atoms with Crippen LogP contribution >= 0.6 is 0 Å². The van der Waals surface area contributed by atoms with Crippen LogP contribution in [-0.2, 0) is 6.18 Å². The number of nitrogens with one attached hydrogen (secondary N) is 1. The number of halogens is 4. The van der Waals surface area contributed by atoms with Crippen molar-refractivity contribution in [3.8, 4) is 5.69 Å². The molecule has 6 nitrogen and oxygen atoms in total. The minimum absolute atomic E-state index is 0.0340. The number of piperidine rings is 1. The van der Waals surface area contributed by atoms with Gasteiger partial charge in [-0.05, 0) is 54.7 Å². The summed E-state index contributed by atoms with van der Waals surface area (Å²) >= 11 is 0. The Kier molecular flexibility index (Phi) is 5.15. The number of H-pyrrole nitrogens is 1. The van der Waals surface area contributed by atoms with E-state index in [1.54, 1.807) is 0 Å². The van der Waals surface area contributed by atoms with Gasteiger partial charge in [-0.15, -0.1) is 5.10 Å². The summed E-state index contributed by atoms with van der Waals surface area (Å²) in [7, 11) is 0. The second-order valence-corrected chi connectivity index (χ2v) is 8.03. The highest BCUT2D eigenvalue weighted by Gasteiger charge is 2.43. The molecule has 1 aliphatic rings. The van der Waals surface area contributed by atoms with Gasteiger partial charge in [-0.2, -0.15) is 13.2 Å². The fraction of sp³-hybridized carbons (Fsp3) is 0.261. The molecular weight excluding hydrogens is 438 g/mol. The van der Waals surface area contributed by atoms with Crippen molar-refractivity contribution in [2.45, 2.75) is 24.9 Å². The molecule has 3 heterocycles. The third-order valence-corrected chi connectivity index (χ3v) is 6.06. The van der Waals surface area contributed by atoms with Gasteiger partial charge in [-0.25, -0.2) is 9.07 Å². The second kappa shape index (κ2) is 8.02. The molecule has 1 aliphatic heterocycles. The van der Waals surface area contributed by atoms with Crippen molar-refractivity contribution in [2.75, 3.05) is 13.1 Å². The summed E-state index contributed by atoms with van der Waals surface area (Å²) in [6.45, 7) is 0.618. The maximum Gasteiger partial charge on any atom is 0.435 e. The fourth-order valence-corrected chi connectivity index (χ4v) is 4.42. The van der Waals surface area contributed by atoms with Gasteiger partial charge in [-0.3, -0.25) is 4.79 Å². The van der Waals surface area contributed by atoms with E-state index in [-0.39, 0.29) is 11.6 Å². The smallest absolute Gasteiger partial charge is 0.361 e. The van der Waals surface area contributed by atoms with Crippen molar-refractivity contribution < 1.29 is 22.4 Å². The molecule has 0 atom stereocenters. The molecule has 0 radical (unpaired) electrons. The van der Waals surface area contributed by atoms with E-state index in [0.717, 1.165) is 40.7 Å². The summed E-state index contributed by atoms with van der Waals surface area (Å²) in [6, 6.07) is 12.3. The van der Waals surface area contributed by atoms with Gasteiger partial charge in [0, 0.05) is 30.2 Å². The molecule has 4 aromatic rings. The lowest BCUT2D eigenvalue weighted by Gasteiger charge is -2.31. The highest BCUT2D eigenvalue weighted by Crippen LogP contribution is 2.36. The summed E-state index contributed by atoms with van der Waals surface area (Å²) in [5.74, 6) is -1.21. The van der Waals surface area contributed by atoms with E-state index in [0.29, 0.717) is 30.6 Å². The number of amides is 1. The first-order chi connectivity index (χ1) is 15.8. The summed E-state index contributed by atoms with van der Waals surface area (Å²) < 4.78 is 55.4. The predicted molar refractivity (Wildman–Crippen MR) is 112 cm³/mol. The van der Waals surface area contributed by atoms with Crippen LogP contribution in [0.4, 0.5) is 17.6 Å². The first-order valence-corrected chi connectivity index (χ1v) is 10.5. The molecule has 33 heavy (non-hydrogen) atoms. The zero-order valence-electron chi connectivity index (χ0n) is 17.3. The van der Waals surface area contributed by atoms with Gasteiger partial charge in [0.1, 0.15) is 5.82 Å². The summed E-state index contributed by atoms with van der Waals surface area (Å²) in [5, 5.41) is 8.24. The standard InChI is InChI=1S/C23H19F4N5O/c24-15-5-7-16(8-6-15)32-21(23(25,26)27)20(29-30-32)22(33)31-11-9-14(10-12-31)18-13-28-19-4-2-1-3-17(18)19/h1-8,13-14,28H,9-12H2. The molecule has 5 rings (SSSR count). The van der Waals surface area contributed by atoms with Crippen molar-refractivity contribution in [2.24, 2.45) is 0 Å². The van der Waals surface area contributed by atoms with Gasteiger partial charge in [0.25, 0.3) is 5.91 Å². The van der Waals surface area contributed by atoms with Gasteiger partial charge >= 0.3 is 6.18 Å². The van der Waals surface area contributed by atoms with Crippen LogP contribution in [0.25, 0.3) is 16.6 Å². The molecule has 1 saturated heterocycles. The van der Waals surface area contributed by atoms with Crippen LogP contribution in [-0.4, -0.2) is 43.9 Å². The lowest BCUT2D eigenvalue weighted by molar-refractivity contribution is -0.143. The Morgan fingerprint density at radius 1 is 1.03 bits per heavy atom. The average Bonchev–Trinajstić information content (AvgIpc) is 3.44. The van der Waals surface area contributed by atoms with E-state index >= 15 is 0 Å². The number of carbonyl (C=O) groups is 1. The van der Waals surface area contributed by atoms with Crippen LogP contribution < -0.4 is 0 Å². The number of likely N-dealkylation sites (tertiary alicyclic amines) is 1. The first kappa shape index (κ1) is 21.2. The Morgan fingerprint density at radius 3 is 2.42 bits per heavy atom. The second-order valence-electron chi connectivity index (χ2n) is 8.03. The third kappa shape index (κ3) is 3.85. The molecule has 10 heteroatoms. The Morgan fingerprint density at radius 2 is 1.73 bits per heavy atom. The number of benzene rings is 2. The highest BCUT2D eigenvalue weighted by atomic mass is 19.4. The van der Waals surface area contributed by atoms with Gasteiger partial charge in [-0.1, -0.05) is 23.4 Å². The third-order valence-electron chi connectivity index (χ3n) is 6.06. The lowest BCUT2D eigenvalue weighted by atomic mass is 9.89. The molecule has 1 amide bonds. The molecule has 2 aromatic carbocycles. The number of carbonyl (C=O) groups excluding carboxylic acids is 1. The van der Waals surface area contributed by atoms with Gasteiger partial charge < -0.3 is 9.88 Å². The predicted octanol–water partition coefficient (Wildman–Crippen LogP) is 4.93. The normalized spacial score (nSPS) is 15.3. The van der Waals surface area contributed by atoms with E-state index in [1.165, 1.54) is 4.90 Å². The lowest BCUT2D eigenvalue weighted by Crippen LogP contribution is -2.39.